The van der Waals surface area contributed by atoms with Crippen LogP contribution in [0.4, 0.5) is 11.4 Å². The standard InChI is InChI=1S/C18H16N4O5/c1-10-3-6-13(7-4-10)27-11(2)17(23)21-20-16-14-9-12(22(25)26)5-8-15(14)19-18(16)24/h3-9,11,19,24H,1-2H3. The summed E-state index contributed by atoms with van der Waals surface area (Å²) in [6, 6.07) is 11.2. The van der Waals surface area contributed by atoms with Crippen LogP contribution in [-0.2, 0) is 4.79 Å². The number of fused-ring (bicyclic) bond motifs is 1. The Bertz CT molecular complexity index is 1040. The molecule has 0 aliphatic heterocycles. The number of nitrogens with zero attached hydrogens (tertiary/aromatic N) is 3. The number of carbonyl (C=O) groups is 1. The molecule has 0 bridgehead atoms. The topological polar surface area (TPSA) is 130 Å². The van der Waals surface area contributed by atoms with Gasteiger partial charge in [-0.05, 0) is 32.0 Å². The molecule has 9 nitrogen and oxygen atoms in total. The fraction of sp³-hybridized carbons (Fsp3) is 0.167. The van der Waals surface area contributed by atoms with Crippen molar-refractivity contribution >= 4 is 28.2 Å². The fourth-order valence-electron chi connectivity index (χ4n) is 2.42. The van der Waals surface area contributed by atoms with Crippen LogP contribution < -0.4 is 4.74 Å². The van der Waals surface area contributed by atoms with Crippen molar-refractivity contribution in [1.82, 2.24) is 4.98 Å². The maximum Gasteiger partial charge on any atom is 0.304 e. The Balaban J connectivity index is 1.81. The largest absolute Gasteiger partial charge is 0.493 e. The summed E-state index contributed by atoms with van der Waals surface area (Å²) in [7, 11) is 0. The average molecular weight is 368 g/mol. The van der Waals surface area contributed by atoms with Gasteiger partial charge >= 0.3 is 5.91 Å². The fourth-order valence-corrected chi connectivity index (χ4v) is 2.42. The van der Waals surface area contributed by atoms with E-state index >= 15 is 0 Å². The number of nitrogens with one attached hydrogen (secondary N) is 1. The number of aromatic amines is 1. The van der Waals surface area contributed by atoms with Crippen LogP contribution in [0.5, 0.6) is 11.6 Å². The number of carbonyl (C=O) groups excluding carboxylic acids is 1. The molecule has 3 aromatic rings. The third kappa shape index (κ3) is 3.92. The van der Waals surface area contributed by atoms with Crippen molar-refractivity contribution in [3.05, 3.63) is 58.1 Å². The number of nitro groups is 1. The van der Waals surface area contributed by atoms with Gasteiger partial charge in [-0.3, -0.25) is 14.9 Å². The number of ether oxygens (including phenoxy) is 1. The molecule has 0 saturated heterocycles. The van der Waals surface area contributed by atoms with Crippen LogP contribution in [0.3, 0.4) is 0 Å². The first-order chi connectivity index (χ1) is 12.8. The molecular weight excluding hydrogens is 352 g/mol. The summed E-state index contributed by atoms with van der Waals surface area (Å²) in [6.45, 7) is 3.46. The lowest BCUT2D eigenvalue weighted by Gasteiger charge is -2.10. The number of aromatic hydroxyl groups is 1. The van der Waals surface area contributed by atoms with Gasteiger partial charge in [0, 0.05) is 17.5 Å². The van der Waals surface area contributed by atoms with Gasteiger partial charge in [0.05, 0.1) is 10.4 Å². The molecule has 3 rings (SSSR count). The maximum atomic E-state index is 12.1. The molecule has 9 heteroatoms. The van der Waals surface area contributed by atoms with E-state index in [0.29, 0.717) is 11.3 Å². The number of aromatic nitrogens is 1. The first-order valence-electron chi connectivity index (χ1n) is 8.03. The van der Waals surface area contributed by atoms with Crippen LogP contribution in [0.2, 0.25) is 0 Å². The molecule has 1 aromatic heterocycles. The van der Waals surface area contributed by atoms with Gasteiger partial charge in [0.2, 0.25) is 5.88 Å². The second-order valence-corrected chi connectivity index (χ2v) is 5.92. The van der Waals surface area contributed by atoms with Crippen LogP contribution in [0.1, 0.15) is 12.5 Å². The zero-order valence-corrected chi connectivity index (χ0v) is 14.5. The lowest BCUT2D eigenvalue weighted by molar-refractivity contribution is -0.384. The van der Waals surface area contributed by atoms with Crippen molar-refractivity contribution in [2.75, 3.05) is 0 Å². The number of non-ortho nitro benzene ring substituents is 1. The zero-order chi connectivity index (χ0) is 19.6. The van der Waals surface area contributed by atoms with Crippen LogP contribution in [0, 0.1) is 17.0 Å². The van der Waals surface area contributed by atoms with Gasteiger partial charge in [0.1, 0.15) is 5.75 Å². The molecule has 1 heterocycles. The van der Waals surface area contributed by atoms with Gasteiger partial charge in [-0.25, -0.2) is 0 Å². The summed E-state index contributed by atoms with van der Waals surface area (Å²) in [4.78, 5) is 25.1. The predicted octanol–water partition coefficient (Wildman–Crippen LogP) is 4.17. The highest BCUT2D eigenvalue weighted by atomic mass is 16.6. The molecule has 138 valence electrons. The summed E-state index contributed by atoms with van der Waals surface area (Å²) in [5, 5.41) is 28.5. The Hall–Kier alpha value is -3.75. The lowest BCUT2D eigenvalue weighted by atomic mass is 10.2. The first-order valence-corrected chi connectivity index (χ1v) is 8.03. The Labute approximate surface area is 153 Å². The average Bonchev–Trinajstić information content (AvgIpc) is 2.95. The zero-order valence-electron chi connectivity index (χ0n) is 14.5. The Kier molecular flexibility index (Phi) is 4.84. The quantitative estimate of drug-likeness (QED) is 0.396. The van der Waals surface area contributed by atoms with Crippen molar-refractivity contribution in [3.8, 4) is 11.6 Å². The summed E-state index contributed by atoms with van der Waals surface area (Å²) in [5.41, 5.74) is 1.28. The summed E-state index contributed by atoms with van der Waals surface area (Å²) < 4.78 is 5.51. The number of rotatable bonds is 5. The van der Waals surface area contributed by atoms with Crippen molar-refractivity contribution in [3.63, 3.8) is 0 Å². The molecule has 0 fully saturated rings. The first kappa shape index (κ1) is 18.1. The Morgan fingerprint density at radius 2 is 1.96 bits per heavy atom. The number of nitro benzene ring substituents is 1. The second-order valence-electron chi connectivity index (χ2n) is 5.92. The van der Waals surface area contributed by atoms with E-state index in [-0.39, 0.29) is 22.6 Å². The van der Waals surface area contributed by atoms with Gasteiger partial charge in [-0.2, -0.15) is 0 Å². The normalized spacial score (nSPS) is 12.4. The molecule has 1 unspecified atom stereocenters. The summed E-state index contributed by atoms with van der Waals surface area (Å²) >= 11 is 0. The smallest absolute Gasteiger partial charge is 0.304 e. The molecule has 2 aromatic carbocycles. The van der Waals surface area contributed by atoms with E-state index in [1.165, 1.54) is 25.1 Å². The molecule has 0 saturated carbocycles. The highest BCUT2D eigenvalue weighted by molar-refractivity contribution is 5.96. The minimum absolute atomic E-state index is 0.0513. The van der Waals surface area contributed by atoms with Crippen molar-refractivity contribution in [2.24, 2.45) is 10.2 Å². The van der Waals surface area contributed by atoms with Crippen molar-refractivity contribution in [1.29, 1.82) is 0 Å². The third-order valence-electron chi connectivity index (χ3n) is 3.88. The Morgan fingerprint density at radius 1 is 1.26 bits per heavy atom. The molecule has 2 N–H and O–H groups in total. The number of amides is 1. The maximum absolute atomic E-state index is 12.1. The molecule has 1 amide bonds. The predicted molar refractivity (Wildman–Crippen MR) is 97.4 cm³/mol. The molecule has 0 aliphatic rings. The highest BCUT2D eigenvalue weighted by Gasteiger charge is 2.17. The number of hydrogen-bond donors (Lipinski definition) is 2. The third-order valence-corrected chi connectivity index (χ3v) is 3.88. The van der Waals surface area contributed by atoms with Crippen molar-refractivity contribution < 1.29 is 19.6 Å². The van der Waals surface area contributed by atoms with E-state index in [4.69, 9.17) is 4.74 Å². The lowest BCUT2D eigenvalue weighted by Crippen LogP contribution is -2.21. The SMILES string of the molecule is Cc1ccc(OC(C)C(=O)N=Nc2c(O)[nH]c3ccc([N+](=O)[O-])cc23)cc1. The van der Waals surface area contributed by atoms with E-state index in [1.54, 1.807) is 12.1 Å². The molecule has 0 aliphatic carbocycles. The number of azo groups is 1. The monoisotopic (exact) mass is 368 g/mol. The number of benzene rings is 2. The van der Waals surface area contributed by atoms with Crippen molar-refractivity contribution in [2.45, 2.75) is 20.0 Å². The van der Waals surface area contributed by atoms with Crippen LogP contribution in [0.25, 0.3) is 10.9 Å². The van der Waals surface area contributed by atoms with Gasteiger partial charge < -0.3 is 14.8 Å². The van der Waals surface area contributed by atoms with Gasteiger partial charge in [0.25, 0.3) is 5.69 Å². The summed E-state index contributed by atoms with van der Waals surface area (Å²) in [6.07, 6.45) is -0.891. The van der Waals surface area contributed by atoms with Gasteiger partial charge in [-0.1, -0.05) is 17.7 Å². The van der Waals surface area contributed by atoms with Gasteiger partial charge in [-0.15, -0.1) is 10.2 Å². The van der Waals surface area contributed by atoms with E-state index in [0.717, 1.165) is 5.56 Å². The van der Waals surface area contributed by atoms with Crippen LogP contribution >= 0.6 is 0 Å². The van der Waals surface area contributed by atoms with Crippen LogP contribution in [0.15, 0.2) is 52.7 Å². The minimum Gasteiger partial charge on any atom is -0.493 e. The Morgan fingerprint density at radius 3 is 2.63 bits per heavy atom. The van der Waals surface area contributed by atoms with E-state index in [1.807, 2.05) is 19.1 Å². The summed E-state index contributed by atoms with van der Waals surface area (Å²) in [5.74, 6) is -0.480. The molecule has 0 spiro atoms. The number of aryl methyl sites for hydroxylation is 1. The number of hydrogen-bond acceptors (Lipinski definition) is 6. The molecule has 27 heavy (non-hydrogen) atoms. The van der Waals surface area contributed by atoms with Crippen LogP contribution in [-0.4, -0.2) is 27.0 Å². The number of H-pyrrole nitrogens is 1. The highest BCUT2D eigenvalue weighted by Crippen LogP contribution is 2.37. The van der Waals surface area contributed by atoms with E-state index in [2.05, 4.69) is 15.2 Å². The molecular formula is C18H16N4O5. The van der Waals surface area contributed by atoms with Gasteiger partial charge in [0.15, 0.2) is 11.8 Å². The molecule has 1 atom stereocenters. The van der Waals surface area contributed by atoms with E-state index in [9.17, 15) is 20.0 Å². The minimum atomic E-state index is -0.891. The molecule has 0 radical (unpaired) electrons. The van der Waals surface area contributed by atoms with E-state index < -0.39 is 16.9 Å². The second kappa shape index (κ2) is 7.24.